The Morgan fingerprint density at radius 2 is 2.24 bits per heavy atom. The van der Waals surface area contributed by atoms with E-state index in [4.69, 9.17) is 9.68 Å². The number of hydrogen-bond acceptors (Lipinski definition) is 3. The van der Waals surface area contributed by atoms with Crippen molar-refractivity contribution in [2.24, 2.45) is 0 Å². The summed E-state index contributed by atoms with van der Waals surface area (Å²) in [5, 5.41) is 11.9. The molecule has 0 unspecified atom stereocenters. The molecule has 1 heterocycles. The van der Waals surface area contributed by atoms with Gasteiger partial charge in [-0.1, -0.05) is 13.8 Å². The topological polar surface area (TPSA) is 66.0 Å². The van der Waals surface area contributed by atoms with E-state index in [0.29, 0.717) is 25.7 Å². The van der Waals surface area contributed by atoms with E-state index in [1.807, 2.05) is 19.9 Å². The van der Waals surface area contributed by atoms with Gasteiger partial charge in [0, 0.05) is 12.8 Å². The molecular weight excluding hydrogens is 216 g/mol. The lowest BCUT2D eigenvalue weighted by atomic mass is 9.94. The van der Waals surface area contributed by atoms with Crippen molar-refractivity contribution in [3.05, 3.63) is 24.2 Å². The predicted octanol–water partition coefficient (Wildman–Crippen LogP) is 2.41. The molecule has 4 heteroatoms. The zero-order valence-electron chi connectivity index (χ0n) is 10.3. The molecule has 0 fully saturated rings. The van der Waals surface area contributed by atoms with E-state index < -0.39 is 5.54 Å². The molecule has 0 radical (unpaired) electrons. The highest BCUT2D eigenvalue weighted by atomic mass is 16.3. The van der Waals surface area contributed by atoms with Crippen LogP contribution in [0.4, 0.5) is 0 Å². The van der Waals surface area contributed by atoms with Crippen LogP contribution in [-0.2, 0) is 11.2 Å². The molecule has 1 rings (SSSR count). The first-order valence-electron chi connectivity index (χ1n) is 5.90. The second kappa shape index (κ2) is 6.09. The second-order valence-corrected chi connectivity index (χ2v) is 4.03. The van der Waals surface area contributed by atoms with E-state index in [2.05, 4.69) is 11.4 Å². The lowest BCUT2D eigenvalue weighted by Crippen LogP contribution is -2.46. The molecule has 0 aliphatic heterocycles. The quantitative estimate of drug-likeness (QED) is 0.822. The predicted molar refractivity (Wildman–Crippen MR) is 64.1 cm³/mol. The van der Waals surface area contributed by atoms with Gasteiger partial charge in [-0.15, -0.1) is 0 Å². The lowest BCUT2D eigenvalue weighted by molar-refractivity contribution is -0.122. The van der Waals surface area contributed by atoms with Gasteiger partial charge in [-0.2, -0.15) is 5.26 Å². The summed E-state index contributed by atoms with van der Waals surface area (Å²) < 4.78 is 5.15. The molecule has 0 aliphatic rings. The summed E-state index contributed by atoms with van der Waals surface area (Å²) in [6, 6.07) is 5.82. The van der Waals surface area contributed by atoms with E-state index in [0.717, 1.165) is 5.76 Å². The molecular formula is C13H18N2O2. The third-order valence-electron chi connectivity index (χ3n) is 2.98. The monoisotopic (exact) mass is 234 g/mol. The normalized spacial score (nSPS) is 10.9. The van der Waals surface area contributed by atoms with Crippen LogP contribution in [0.5, 0.6) is 0 Å². The van der Waals surface area contributed by atoms with Crippen LogP contribution in [0.2, 0.25) is 0 Å². The Bertz CT molecular complexity index is 386. The number of nitrogens with zero attached hydrogens (tertiary/aromatic N) is 1. The Labute approximate surface area is 102 Å². The molecule has 17 heavy (non-hydrogen) atoms. The number of carbonyl (C=O) groups excluding carboxylic acids is 1. The fourth-order valence-corrected chi connectivity index (χ4v) is 1.63. The number of amides is 1. The van der Waals surface area contributed by atoms with E-state index in [1.165, 1.54) is 0 Å². The maximum Gasteiger partial charge on any atom is 0.221 e. The Morgan fingerprint density at radius 3 is 2.71 bits per heavy atom. The van der Waals surface area contributed by atoms with Gasteiger partial charge in [-0.05, 0) is 25.0 Å². The van der Waals surface area contributed by atoms with Crippen molar-refractivity contribution in [3.8, 4) is 6.07 Å². The highest BCUT2D eigenvalue weighted by molar-refractivity contribution is 5.77. The third kappa shape index (κ3) is 3.63. The molecule has 0 atom stereocenters. The summed E-state index contributed by atoms with van der Waals surface area (Å²) in [6.07, 6.45) is 3.73. The Balaban J connectivity index is 2.46. The fraction of sp³-hybridized carbons (Fsp3) is 0.538. The molecule has 0 aliphatic carbocycles. The van der Waals surface area contributed by atoms with Crippen LogP contribution in [0.3, 0.4) is 0 Å². The molecule has 0 saturated heterocycles. The van der Waals surface area contributed by atoms with Gasteiger partial charge >= 0.3 is 0 Å². The largest absolute Gasteiger partial charge is 0.469 e. The van der Waals surface area contributed by atoms with Crippen molar-refractivity contribution in [1.29, 1.82) is 5.26 Å². The van der Waals surface area contributed by atoms with Gasteiger partial charge in [0.05, 0.1) is 12.3 Å². The standard InChI is InChI=1S/C13H18N2O2/c1-3-13(4-2,10-14)15-12(16)8-7-11-6-5-9-17-11/h5-6,9H,3-4,7-8H2,1-2H3,(H,15,16). The lowest BCUT2D eigenvalue weighted by Gasteiger charge is -2.24. The summed E-state index contributed by atoms with van der Waals surface area (Å²) in [4.78, 5) is 11.7. The minimum absolute atomic E-state index is 0.105. The van der Waals surface area contributed by atoms with Crippen LogP contribution in [0, 0.1) is 11.3 Å². The molecule has 0 spiro atoms. The molecule has 1 N–H and O–H groups in total. The summed E-state index contributed by atoms with van der Waals surface area (Å²) in [6.45, 7) is 3.80. The molecule has 0 saturated carbocycles. The van der Waals surface area contributed by atoms with Gasteiger partial charge < -0.3 is 9.73 Å². The zero-order valence-corrected chi connectivity index (χ0v) is 10.3. The minimum Gasteiger partial charge on any atom is -0.469 e. The van der Waals surface area contributed by atoms with Crippen LogP contribution in [-0.4, -0.2) is 11.4 Å². The number of nitriles is 1. The van der Waals surface area contributed by atoms with Crippen LogP contribution in [0.25, 0.3) is 0 Å². The van der Waals surface area contributed by atoms with Gasteiger partial charge in [-0.3, -0.25) is 4.79 Å². The highest BCUT2D eigenvalue weighted by Gasteiger charge is 2.27. The first-order chi connectivity index (χ1) is 8.15. The van der Waals surface area contributed by atoms with Gasteiger partial charge in [0.2, 0.25) is 5.91 Å². The molecule has 1 amide bonds. The first-order valence-corrected chi connectivity index (χ1v) is 5.90. The molecule has 1 aromatic rings. The summed E-state index contributed by atoms with van der Waals surface area (Å²) in [5.74, 6) is 0.683. The molecule has 0 aromatic carbocycles. The Morgan fingerprint density at radius 1 is 1.53 bits per heavy atom. The zero-order chi connectivity index (χ0) is 12.7. The van der Waals surface area contributed by atoms with Gasteiger partial charge in [0.25, 0.3) is 0 Å². The van der Waals surface area contributed by atoms with Crippen LogP contribution in [0.15, 0.2) is 22.8 Å². The number of nitrogens with one attached hydrogen (secondary N) is 1. The van der Waals surface area contributed by atoms with Crippen molar-refractivity contribution >= 4 is 5.91 Å². The average Bonchev–Trinajstić information content (AvgIpc) is 2.87. The van der Waals surface area contributed by atoms with Crippen molar-refractivity contribution in [1.82, 2.24) is 5.32 Å². The summed E-state index contributed by atoms with van der Waals surface area (Å²) >= 11 is 0. The summed E-state index contributed by atoms with van der Waals surface area (Å²) in [7, 11) is 0. The van der Waals surface area contributed by atoms with Gasteiger partial charge in [0.15, 0.2) is 0 Å². The average molecular weight is 234 g/mol. The smallest absolute Gasteiger partial charge is 0.221 e. The Hall–Kier alpha value is -1.76. The number of hydrogen-bond donors (Lipinski definition) is 1. The Kier molecular flexibility index (Phi) is 4.77. The van der Waals surface area contributed by atoms with Crippen LogP contribution < -0.4 is 5.32 Å². The number of rotatable bonds is 6. The SMILES string of the molecule is CCC(C#N)(CC)NC(=O)CCc1ccco1. The van der Waals surface area contributed by atoms with Gasteiger partial charge in [0.1, 0.15) is 11.3 Å². The van der Waals surface area contributed by atoms with Crippen LogP contribution in [0.1, 0.15) is 38.9 Å². The maximum atomic E-state index is 11.7. The summed E-state index contributed by atoms with van der Waals surface area (Å²) in [5.41, 5.74) is -0.722. The highest BCUT2D eigenvalue weighted by Crippen LogP contribution is 2.14. The minimum atomic E-state index is -0.722. The van der Waals surface area contributed by atoms with Crippen molar-refractivity contribution in [3.63, 3.8) is 0 Å². The molecule has 92 valence electrons. The van der Waals surface area contributed by atoms with Crippen molar-refractivity contribution in [2.75, 3.05) is 0 Å². The number of carbonyl (C=O) groups is 1. The van der Waals surface area contributed by atoms with E-state index in [9.17, 15) is 4.79 Å². The van der Waals surface area contributed by atoms with E-state index in [-0.39, 0.29) is 5.91 Å². The van der Waals surface area contributed by atoms with Crippen molar-refractivity contribution in [2.45, 2.75) is 45.1 Å². The molecule has 4 nitrogen and oxygen atoms in total. The first kappa shape index (κ1) is 13.3. The third-order valence-corrected chi connectivity index (χ3v) is 2.98. The number of aryl methyl sites for hydroxylation is 1. The second-order valence-electron chi connectivity index (χ2n) is 4.03. The van der Waals surface area contributed by atoms with Crippen molar-refractivity contribution < 1.29 is 9.21 Å². The molecule has 0 bridgehead atoms. The van der Waals surface area contributed by atoms with E-state index in [1.54, 1.807) is 12.3 Å². The van der Waals surface area contributed by atoms with Gasteiger partial charge in [-0.25, -0.2) is 0 Å². The van der Waals surface area contributed by atoms with E-state index >= 15 is 0 Å². The molecule has 1 aromatic heterocycles. The maximum absolute atomic E-state index is 11.7. The number of furan rings is 1. The van der Waals surface area contributed by atoms with Crippen LogP contribution >= 0.6 is 0 Å². The fourth-order valence-electron chi connectivity index (χ4n) is 1.63.